The molecule has 0 fully saturated rings. The summed E-state index contributed by atoms with van der Waals surface area (Å²) in [4.78, 5) is 33.1. The standard InChI is InChI=1S/C12H14ClN3O5/c1-21-6-2-5-14-11(17)12(18)15-8-3-4-9(13)10(7-8)16(19)20/h3-4,7H,2,5-6H2,1H3,(H,14,17)(H,15,18). The van der Waals surface area contributed by atoms with Crippen LogP contribution in [0.3, 0.4) is 0 Å². The van der Waals surface area contributed by atoms with Gasteiger partial charge in [-0.15, -0.1) is 0 Å². The maximum atomic E-state index is 11.6. The number of nitrogens with one attached hydrogen (secondary N) is 2. The van der Waals surface area contributed by atoms with Gasteiger partial charge in [0, 0.05) is 32.0 Å². The lowest BCUT2D eigenvalue weighted by Gasteiger charge is -2.06. The fraction of sp³-hybridized carbons (Fsp3) is 0.333. The number of nitro groups is 1. The Labute approximate surface area is 125 Å². The Bertz CT molecular complexity index is 550. The van der Waals surface area contributed by atoms with E-state index >= 15 is 0 Å². The molecule has 0 aromatic heterocycles. The van der Waals surface area contributed by atoms with Crippen molar-refractivity contribution in [1.82, 2.24) is 5.32 Å². The molecule has 0 unspecified atom stereocenters. The molecule has 114 valence electrons. The van der Waals surface area contributed by atoms with Crippen LogP contribution in [0.15, 0.2) is 18.2 Å². The number of halogens is 1. The van der Waals surface area contributed by atoms with Crippen LogP contribution in [-0.2, 0) is 14.3 Å². The number of nitro benzene ring substituents is 1. The summed E-state index contributed by atoms with van der Waals surface area (Å²) in [7, 11) is 1.53. The molecular weight excluding hydrogens is 302 g/mol. The molecule has 0 aliphatic heterocycles. The predicted molar refractivity (Wildman–Crippen MR) is 76.2 cm³/mol. The van der Waals surface area contributed by atoms with Crippen molar-refractivity contribution in [2.45, 2.75) is 6.42 Å². The molecule has 1 aromatic carbocycles. The lowest BCUT2D eigenvalue weighted by atomic mass is 10.2. The molecule has 0 radical (unpaired) electrons. The molecule has 2 amide bonds. The van der Waals surface area contributed by atoms with Crippen molar-refractivity contribution < 1.29 is 19.2 Å². The van der Waals surface area contributed by atoms with Crippen LogP contribution in [0.4, 0.5) is 11.4 Å². The van der Waals surface area contributed by atoms with Crippen LogP contribution < -0.4 is 10.6 Å². The van der Waals surface area contributed by atoms with Gasteiger partial charge in [-0.3, -0.25) is 19.7 Å². The SMILES string of the molecule is COCCCNC(=O)C(=O)Nc1ccc(Cl)c([N+](=O)[O-])c1. The first-order valence-corrected chi connectivity index (χ1v) is 6.35. The average Bonchev–Trinajstić information content (AvgIpc) is 2.45. The zero-order valence-electron chi connectivity index (χ0n) is 11.2. The molecule has 1 aromatic rings. The van der Waals surface area contributed by atoms with Gasteiger partial charge in [0.25, 0.3) is 5.69 Å². The molecule has 0 saturated carbocycles. The third kappa shape index (κ3) is 5.36. The van der Waals surface area contributed by atoms with Gasteiger partial charge in [-0.25, -0.2) is 0 Å². The first kappa shape index (κ1) is 16.9. The van der Waals surface area contributed by atoms with Gasteiger partial charge in [-0.2, -0.15) is 0 Å². The second-order valence-corrected chi connectivity index (χ2v) is 4.39. The lowest BCUT2D eigenvalue weighted by molar-refractivity contribution is -0.384. The van der Waals surface area contributed by atoms with E-state index in [1.54, 1.807) is 0 Å². The topological polar surface area (TPSA) is 111 Å². The Balaban J connectivity index is 2.60. The summed E-state index contributed by atoms with van der Waals surface area (Å²) in [5, 5.41) is 15.3. The molecule has 0 aliphatic rings. The minimum absolute atomic E-state index is 0.0537. The van der Waals surface area contributed by atoms with E-state index in [2.05, 4.69) is 10.6 Å². The molecule has 0 spiro atoms. The van der Waals surface area contributed by atoms with Gasteiger partial charge >= 0.3 is 11.8 Å². The highest BCUT2D eigenvalue weighted by molar-refractivity contribution is 6.39. The van der Waals surface area contributed by atoms with Crippen molar-refractivity contribution in [3.8, 4) is 0 Å². The molecule has 0 atom stereocenters. The summed E-state index contributed by atoms with van der Waals surface area (Å²) >= 11 is 5.64. The van der Waals surface area contributed by atoms with E-state index in [0.717, 1.165) is 6.07 Å². The number of nitrogens with zero attached hydrogens (tertiary/aromatic N) is 1. The largest absolute Gasteiger partial charge is 0.385 e. The van der Waals surface area contributed by atoms with E-state index in [9.17, 15) is 19.7 Å². The maximum Gasteiger partial charge on any atom is 0.313 e. The van der Waals surface area contributed by atoms with Crippen LogP contribution in [0.1, 0.15) is 6.42 Å². The molecule has 0 heterocycles. The zero-order chi connectivity index (χ0) is 15.8. The Morgan fingerprint density at radius 3 is 2.71 bits per heavy atom. The van der Waals surface area contributed by atoms with Gasteiger partial charge in [-0.1, -0.05) is 11.6 Å². The van der Waals surface area contributed by atoms with E-state index in [0.29, 0.717) is 19.6 Å². The first-order valence-electron chi connectivity index (χ1n) is 5.97. The molecule has 1 rings (SSSR count). The van der Waals surface area contributed by atoms with E-state index in [1.807, 2.05) is 0 Å². The second kappa shape index (κ2) is 8.18. The number of hydrogen-bond acceptors (Lipinski definition) is 5. The van der Waals surface area contributed by atoms with Crippen molar-refractivity contribution in [3.63, 3.8) is 0 Å². The van der Waals surface area contributed by atoms with Crippen LogP contribution in [0, 0.1) is 10.1 Å². The fourth-order valence-electron chi connectivity index (χ4n) is 1.42. The molecule has 21 heavy (non-hydrogen) atoms. The smallest absolute Gasteiger partial charge is 0.313 e. The Morgan fingerprint density at radius 1 is 1.38 bits per heavy atom. The highest BCUT2D eigenvalue weighted by Gasteiger charge is 2.17. The Morgan fingerprint density at radius 2 is 2.10 bits per heavy atom. The summed E-state index contributed by atoms with van der Waals surface area (Å²) in [5.74, 6) is -1.74. The van der Waals surface area contributed by atoms with Crippen LogP contribution in [0.2, 0.25) is 5.02 Å². The van der Waals surface area contributed by atoms with E-state index in [4.69, 9.17) is 16.3 Å². The lowest BCUT2D eigenvalue weighted by Crippen LogP contribution is -2.36. The summed E-state index contributed by atoms with van der Waals surface area (Å²) < 4.78 is 4.80. The van der Waals surface area contributed by atoms with Crippen molar-refractivity contribution in [2.75, 3.05) is 25.6 Å². The van der Waals surface area contributed by atoms with Crippen LogP contribution in [0.5, 0.6) is 0 Å². The predicted octanol–water partition coefficient (Wildman–Crippen LogP) is 1.34. The zero-order valence-corrected chi connectivity index (χ0v) is 12.0. The first-order chi connectivity index (χ1) is 9.95. The van der Waals surface area contributed by atoms with E-state index < -0.39 is 16.7 Å². The highest BCUT2D eigenvalue weighted by Crippen LogP contribution is 2.27. The molecule has 0 aliphatic carbocycles. The number of anilines is 1. The molecule has 9 heteroatoms. The number of rotatable bonds is 6. The normalized spacial score (nSPS) is 10.0. The van der Waals surface area contributed by atoms with E-state index in [-0.39, 0.29) is 16.4 Å². The maximum absolute atomic E-state index is 11.6. The molecule has 8 nitrogen and oxygen atoms in total. The van der Waals surface area contributed by atoms with Crippen molar-refractivity contribution in [3.05, 3.63) is 33.3 Å². The minimum atomic E-state index is -0.913. The fourth-order valence-corrected chi connectivity index (χ4v) is 1.60. The number of hydrogen-bond donors (Lipinski definition) is 2. The highest BCUT2D eigenvalue weighted by atomic mass is 35.5. The van der Waals surface area contributed by atoms with Gasteiger partial charge in [0.05, 0.1) is 4.92 Å². The average molecular weight is 316 g/mol. The molecule has 2 N–H and O–H groups in total. The quantitative estimate of drug-likeness (QED) is 0.356. The van der Waals surface area contributed by atoms with Crippen LogP contribution in [0.25, 0.3) is 0 Å². The Kier molecular flexibility index (Phi) is 6.57. The van der Waals surface area contributed by atoms with Crippen LogP contribution in [-0.4, -0.2) is 37.0 Å². The van der Waals surface area contributed by atoms with Gasteiger partial charge in [0.2, 0.25) is 0 Å². The van der Waals surface area contributed by atoms with Gasteiger partial charge in [-0.05, 0) is 18.6 Å². The third-order valence-corrected chi connectivity index (χ3v) is 2.74. The van der Waals surface area contributed by atoms with Crippen LogP contribution >= 0.6 is 11.6 Å². The van der Waals surface area contributed by atoms with Crippen molar-refractivity contribution in [2.24, 2.45) is 0 Å². The summed E-state index contributed by atoms with van der Waals surface area (Å²) in [6.45, 7) is 0.756. The number of methoxy groups -OCH3 is 1. The van der Waals surface area contributed by atoms with Gasteiger partial charge < -0.3 is 15.4 Å². The summed E-state index contributed by atoms with van der Waals surface area (Å²) in [5.41, 5.74) is -0.238. The number of amides is 2. The second-order valence-electron chi connectivity index (χ2n) is 3.98. The van der Waals surface area contributed by atoms with E-state index in [1.165, 1.54) is 19.2 Å². The number of carbonyl (C=O) groups excluding carboxylic acids is 2. The summed E-state index contributed by atoms with van der Waals surface area (Å²) in [6.07, 6.45) is 0.571. The Hall–Kier alpha value is -2.19. The summed E-state index contributed by atoms with van der Waals surface area (Å²) in [6, 6.07) is 3.72. The third-order valence-electron chi connectivity index (χ3n) is 2.42. The number of ether oxygens (including phenoxy) is 1. The number of benzene rings is 1. The van der Waals surface area contributed by atoms with Crippen molar-refractivity contribution >= 4 is 34.8 Å². The molecular formula is C12H14ClN3O5. The van der Waals surface area contributed by atoms with Gasteiger partial charge in [0.15, 0.2) is 0 Å². The van der Waals surface area contributed by atoms with Gasteiger partial charge in [0.1, 0.15) is 5.02 Å². The molecule has 0 bridgehead atoms. The number of carbonyl (C=O) groups is 2. The minimum Gasteiger partial charge on any atom is -0.385 e. The van der Waals surface area contributed by atoms with Crippen molar-refractivity contribution in [1.29, 1.82) is 0 Å². The monoisotopic (exact) mass is 315 g/mol. The molecule has 0 saturated heterocycles.